The Bertz CT molecular complexity index is 159. The molecule has 0 radical (unpaired) electrons. The van der Waals surface area contributed by atoms with Crippen LogP contribution in [0.4, 0.5) is 0 Å². The maximum atomic E-state index is 8.95. The molecule has 1 atom stereocenters. The molecule has 0 fully saturated rings. The minimum atomic E-state index is 0.0142. The van der Waals surface area contributed by atoms with E-state index in [1.165, 1.54) is 0 Å². The molecule has 0 rings (SSSR count). The Morgan fingerprint density at radius 2 is 2.15 bits per heavy atom. The second-order valence-electron chi connectivity index (χ2n) is 3.48. The average molecular weight is 189 g/mol. The molecule has 13 heavy (non-hydrogen) atoms. The fourth-order valence-electron chi connectivity index (χ4n) is 1.08. The lowest BCUT2D eigenvalue weighted by atomic mass is 10.0. The van der Waals surface area contributed by atoms with Crippen molar-refractivity contribution in [2.45, 2.75) is 26.3 Å². The number of hydrogen-bond acceptors (Lipinski definition) is 4. The molecule has 5 N–H and O–H groups in total. The van der Waals surface area contributed by atoms with Gasteiger partial charge in [-0.05, 0) is 12.3 Å². The van der Waals surface area contributed by atoms with Crippen LogP contribution in [0.1, 0.15) is 20.3 Å². The van der Waals surface area contributed by atoms with Crippen molar-refractivity contribution < 1.29 is 10.3 Å². The molecular formula is C8H19N3O2. The Kier molecular flexibility index (Phi) is 6.26. The fraction of sp³-hybridized carbons (Fsp3) is 0.875. The molecular weight excluding hydrogens is 170 g/mol. The summed E-state index contributed by atoms with van der Waals surface area (Å²) in [6.45, 7) is 4.52. The number of oxime groups is 1. The van der Waals surface area contributed by atoms with Gasteiger partial charge in [0.15, 0.2) is 5.84 Å². The van der Waals surface area contributed by atoms with Crippen LogP contribution in [-0.2, 0) is 0 Å². The van der Waals surface area contributed by atoms with E-state index >= 15 is 0 Å². The first-order chi connectivity index (χ1) is 6.10. The lowest BCUT2D eigenvalue weighted by Crippen LogP contribution is -2.39. The summed E-state index contributed by atoms with van der Waals surface area (Å²) < 4.78 is 0. The van der Waals surface area contributed by atoms with Gasteiger partial charge in [0.1, 0.15) is 0 Å². The van der Waals surface area contributed by atoms with E-state index in [1.807, 2.05) is 0 Å². The summed E-state index contributed by atoms with van der Waals surface area (Å²) in [5.74, 6) is 0.638. The fourth-order valence-corrected chi connectivity index (χ4v) is 1.08. The third-order valence-corrected chi connectivity index (χ3v) is 1.68. The van der Waals surface area contributed by atoms with E-state index in [4.69, 9.17) is 16.0 Å². The van der Waals surface area contributed by atoms with Crippen molar-refractivity contribution in [3.8, 4) is 0 Å². The number of rotatable bonds is 6. The minimum absolute atomic E-state index is 0.0142. The molecule has 0 aliphatic rings. The summed E-state index contributed by atoms with van der Waals surface area (Å²) in [5.41, 5.74) is 5.26. The highest BCUT2D eigenvalue weighted by atomic mass is 16.4. The standard InChI is InChI=1S/C8H19N3O2/c1-6(2)3-7(5-12)10-4-8(9)11-13/h6-7,10,12-13H,3-5H2,1-2H3,(H2,9,11). The predicted octanol–water partition coefficient (Wildman–Crippen LogP) is -0.271. The maximum Gasteiger partial charge on any atom is 0.153 e. The summed E-state index contributed by atoms with van der Waals surface area (Å²) in [6.07, 6.45) is 0.870. The zero-order valence-electron chi connectivity index (χ0n) is 8.20. The van der Waals surface area contributed by atoms with Gasteiger partial charge in [0.25, 0.3) is 0 Å². The molecule has 0 bridgehead atoms. The first-order valence-electron chi connectivity index (χ1n) is 4.40. The zero-order valence-corrected chi connectivity index (χ0v) is 8.20. The Morgan fingerprint density at radius 3 is 2.54 bits per heavy atom. The Balaban J connectivity index is 3.72. The van der Waals surface area contributed by atoms with Gasteiger partial charge < -0.3 is 21.4 Å². The van der Waals surface area contributed by atoms with E-state index in [-0.39, 0.29) is 18.5 Å². The summed E-state index contributed by atoms with van der Waals surface area (Å²) in [7, 11) is 0. The Morgan fingerprint density at radius 1 is 1.54 bits per heavy atom. The second-order valence-corrected chi connectivity index (χ2v) is 3.48. The van der Waals surface area contributed by atoms with E-state index in [1.54, 1.807) is 0 Å². The van der Waals surface area contributed by atoms with Gasteiger partial charge in [-0.1, -0.05) is 19.0 Å². The highest BCUT2D eigenvalue weighted by Gasteiger charge is 2.09. The van der Waals surface area contributed by atoms with Gasteiger partial charge in [-0.25, -0.2) is 0 Å². The highest BCUT2D eigenvalue weighted by molar-refractivity contribution is 5.81. The first kappa shape index (κ1) is 12.2. The van der Waals surface area contributed by atoms with Crippen LogP contribution in [-0.4, -0.2) is 35.3 Å². The van der Waals surface area contributed by atoms with E-state index in [0.717, 1.165) is 6.42 Å². The van der Waals surface area contributed by atoms with E-state index in [2.05, 4.69) is 24.3 Å². The summed E-state index contributed by atoms with van der Waals surface area (Å²) in [5, 5.41) is 23.0. The summed E-state index contributed by atoms with van der Waals surface area (Å²) >= 11 is 0. The van der Waals surface area contributed by atoms with Gasteiger partial charge >= 0.3 is 0 Å². The van der Waals surface area contributed by atoms with Crippen molar-refractivity contribution in [3.63, 3.8) is 0 Å². The van der Waals surface area contributed by atoms with Gasteiger partial charge in [-0.15, -0.1) is 0 Å². The number of nitrogens with one attached hydrogen (secondary N) is 1. The molecule has 0 spiro atoms. The molecule has 0 aromatic heterocycles. The molecule has 1 unspecified atom stereocenters. The van der Waals surface area contributed by atoms with Crippen LogP contribution < -0.4 is 11.1 Å². The quantitative estimate of drug-likeness (QED) is 0.200. The van der Waals surface area contributed by atoms with Crippen LogP contribution in [0, 0.1) is 5.92 Å². The number of nitrogens with zero attached hydrogens (tertiary/aromatic N) is 1. The van der Waals surface area contributed by atoms with Crippen LogP contribution >= 0.6 is 0 Å². The van der Waals surface area contributed by atoms with Crippen LogP contribution in [0.15, 0.2) is 5.16 Å². The van der Waals surface area contributed by atoms with Crippen LogP contribution in [0.25, 0.3) is 0 Å². The number of amidine groups is 1. The van der Waals surface area contributed by atoms with Gasteiger partial charge in [-0.3, -0.25) is 0 Å². The third-order valence-electron chi connectivity index (χ3n) is 1.68. The molecule has 0 saturated carbocycles. The van der Waals surface area contributed by atoms with Crippen molar-refractivity contribution in [2.24, 2.45) is 16.8 Å². The van der Waals surface area contributed by atoms with E-state index < -0.39 is 0 Å². The number of nitrogens with two attached hydrogens (primary N) is 1. The molecule has 0 amide bonds. The SMILES string of the molecule is CC(C)CC(CO)NCC(N)=NO. The molecule has 0 saturated heterocycles. The molecule has 0 aliphatic carbocycles. The molecule has 0 heterocycles. The van der Waals surface area contributed by atoms with Gasteiger partial charge in [-0.2, -0.15) is 0 Å². The van der Waals surface area contributed by atoms with Gasteiger partial charge in [0, 0.05) is 6.04 Å². The Hall–Kier alpha value is -0.810. The molecule has 78 valence electrons. The lowest BCUT2D eigenvalue weighted by Gasteiger charge is -2.17. The normalized spacial score (nSPS) is 14.9. The van der Waals surface area contributed by atoms with Crippen molar-refractivity contribution in [1.29, 1.82) is 0 Å². The highest BCUT2D eigenvalue weighted by Crippen LogP contribution is 2.03. The lowest BCUT2D eigenvalue weighted by molar-refractivity contribution is 0.228. The third kappa shape index (κ3) is 6.36. The maximum absolute atomic E-state index is 8.95. The van der Waals surface area contributed by atoms with Gasteiger partial charge in [0.2, 0.25) is 0 Å². The van der Waals surface area contributed by atoms with Crippen LogP contribution in [0.3, 0.4) is 0 Å². The number of aliphatic hydroxyl groups excluding tert-OH is 1. The van der Waals surface area contributed by atoms with E-state index in [9.17, 15) is 0 Å². The molecule has 0 aromatic rings. The van der Waals surface area contributed by atoms with Crippen molar-refractivity contribution >= 4 is 5.84 Å². The average Bonchev–Trinajstić information content (AvgIpc) is 2.10. The molecule has 0 aliphatic heterocycles. The summed E-state index contributed by atoms with van der Waals surface area (Å²) in [4.78, 5) is 0. The van der Waals surface area contributed by atoms with Crippen LogP contribution in [0.5, 0.6) is 0 Å². The monoisotopic (exact) mass is 189 g/mol. The number of hydrogen-bond donors (Lipinski definition) is 4. The second kappa shape index (κ2) is 6.68. The molecule has 5 nitrogen and oxygen atoms in total. The molecule has 0 aromatic carbocycles. The van der Waals surface area contributed by atoms with Crippen LogP contribution in [0.2, 0.25) is 0 Å². The Labute approximate surface area is 78.6 Å². The van der Waals surface area contributed by atoms with Crippen molar-refractivity contribution in [1.82, 2.24) is 5.32 Å². The van der Waals surface area contributed by atoms with Gasteiger partial charge in [0.05, 0.1) is 13.2 Å². The van der Waals surface area contributed by atoms with Crippen molar-refractivity contribution in [3.05, 3.63) is 0 Å². The van der Waals surface area contributed by atoms with Crippen molar-refractivity contribution in [2.75, 3.05) is 13.2 Å². The largest absolute Gasteiger partial charge is 0.409 e. The molecule has 5 heteroatoms. The zero-order chi connectivity index (χ0) is 10.3. The number of aliphatic hydroxyl groups is 1. The minimum Gasteiger partial charge on any atom is -0.409 e. The topological polar surface area (TPSA) is 90.9 Å². The van der Waals surface area contributed by atoms with E-state index in [0.29, 0.717) is 12.5 Å². The summed E-state index contributed by atoms with van der Waals surface area (Å²) in [6, 6.07) is 0.0142. The predicted molar refractivity (Wildman–Crippen MR) is 51.7 cm³/mol. The smallest absolute Gasteiger partial charge is 0.153 e. The first-order valence-corrected chi connectivity index (χ1v) is 4.40.